The second kappa shape index (κ2) is 7.70. The molecule has 1 rings (SSSR count). The van der Waals surface area contributed by atoms with Crippen LogP contribution in [0, 0.1) is 0 Å². The molecule has 0 aliphatic carbocycles. The number of anilines is 1. The van der Waals surface area contributed by atoms with E-state index >= 15 is 0 Å². The summed E-state index contributed by atoms with van der Waals surface area (Å²) in [5.41, 5.74) is 6.87. The van der Waals surface area contributed by atoms with Gasteiger partial charge in [0.15, 0.2) is 5.96 Å². The average molecular weight is 332 g/mol. The molecule has 6 nitrogen and oxygen atoms in total. The minimum atomic E-state index is -4.77. The highest BCUT2D eigenvalue weighted by Crippen LogP contribution is 2.31. The van der Waals surface area contributed by atoms with E-state index in [1.807, 2.05) is 0 Å². The topological polar surface area (TPSA) is 88.7 Å². The summed E-state index contributed by atoms with van der Waals surface area (Å²) < 4.78 is 41.1. The van der Waals surface area contributed by atoms with Gasteiger partial charge in [-0.1, -0.05) is 13.8 Å². The number of rotatable bonds is 4. The Labute approximate surface area is 131 Å². The summed E-state index contributed by atoms with van der Waals surface area (Å²) in [6, 6.07) is 1.88. The van der Waals surface area contributed by atoms with Gasteiger partial charge in [0.25, 0.3) is 0 Å². The van der Waals surface area contributed by atoms with Gasteiger partial charge in [-0.15, -0.1) is 13.2 Å². The van der Waals surface area contributed by atoms with E-state index in [0.717, 1.165) is 0 Å². The van der Waals surface area contributed by atoms with Crippen LogP contribution in [0.3, 0.4) is 0 Å². The maximum absolute atomic E-state index is 12.4. The fraction of sp³-hybridized carbons (Fsp3) is 0.429. The van der Waals surface area contributed by atoms with E-state index < -0.39 is 12.4 Å². The Morgan fingerprint density at radius 2 is 1.78 bits per heavy atom. The van der Waals surface area contributed by atoms with Crippen molar-refractivity contribution >= 4 is 17.7 Å². The fourth-order valence-corrected chi connectivity index (χ4v) is 1.96. The molecule has 0 aliphatic rings. The second-order valence-electron chi connectivity index (χ2n) is 4.56. The predicted octanol–water partition coefficient (Wildman–Crippen LogP) is 2.78. The SMILES string of the molecule is CCc1cc(OC(F)(F)F)cc(CC)c1NC(=O)NC(N)=NC. The molecule has 0 fully saturated rings. The Balaban J connectivity index is 3.13. The first-order valence-corrected chi connectivity index (χ1v) is 6.91. The van der Waals surface area contributed by atoms with Crippen LogP contribution in [0.5, 0.6) is 5.75 Å². The molecular weight excluding hydrogens is 313 g/mol. The summed E-state index contributed by atoms with van der Waals surface area (Å²) in [5, 5.41) is 4.89. The Morgan fingerprint density at radius 1 is 1.26 bits per heavy atom. The van der Waals surface area contributed by atoms with Crippen LogP contribution in [0.25, 0.3) is 0 Å². The highest BCUT2D eigenvalue weighted by Gasteiger charge is 2.31. The summed E-state index contributed by atoms with van der Waals surface area (Å²) in [4.78, 5) is 15.4. The fourth-order valence-electron chi connectivity index (χ4n) is 1.96. The van der Waals surface area contributed by atoms with E-state index in [1.54, 1.807) is 13.8 Å². The molecule has 0 aliphatic heterocycles. The molecule has 2 amide bonds. The smallest absolute Gasteiger partial charge is 0.406 e. The normalized spacial score (nSPS) is 12.0. The van der Waals surface area contributed by atoms with Gasteiger partial charge in [-0.3, -0.25) is 10.3 Å². The van der Waals surface area contributed by atoms with Gasteiger partial charge < -0.3 is 15.8 Å². The molecule has 0 heterocycles. The number of carbonyl (C=O) groups is 1. The molecule has 0 aromatic heterocycles. The number of amides is 2. The Bertz CT molecular complexity index is 575. The molecule has 9 heteroatoms. The summed E-state index contributed by atoms with van der Waals surface area (Å²) in [6.45, 7) is 3.52. The van der Waals surface area contributed by atoms with Crippen molar-refractivity contribution in [2.24, 2.45) is 10.7 Å². The van der Waals surface area contributed by atoms with Gasteiger partial charge in [0.05, 0.1) is 0 Å². The molecule has 128 valence electrons. The first-order valence-electron chi connectivity index (χ1n) is 6.91. The van der Waals surface area contributed by atoms with Crippen LogP contribution >= 0.6 is 0 Å². The second-order valence-corrected chi connectivity index (χ2v) is 4.56. The van der Waals surface area contributed by atoms with E-state index in [-0.39, 0.29) is 11.7 Å². The molecule has 0 atom stereocenters. The van der Waals surface area contributed by atoms with Crippen molar-refractivity contribution in [1.82, 2.24) is 5.32 Å². The Hall–Kier alpha value is -2.45. The lowest BCUT2D eigenvalue weighted by Gasteiger charge is -2.18. The molecular formula is C14H19F3N4O2. The summed E-state index contributed by atoms with van der Waals surface area (Å²) >= 11 is 0. The number of benzene rings is 1. The third kappa shape index (κ3) is 5.68. The first kappa shape index (κ1) is 18.6. The van der Waals surface area contributed by atoms with Gasteiger partial charge in [0, 0.05) is 12.7 Å². The zero-order chi connectivity index (χ0) is 17.6. The van der Waals surface area contributed by atoms with Gasteiger partial charge in [0.2, 0.25) is 0 Å². The molecule has 23 heavy (non-hydrogen) atoms. The van der Waals surface area contributed by atoms with Crippen molar-refractivity contribution in [1.29, 1.82) is 0 Å². The molecule has 0 unspecified atom stereocenters. The molecule has 1 aromatic carbocycles. The van der Waals surface area contributed by atoms with Gasteiger partial charge in [0.1, 0.15) is 5.75 Å². The lowest BCUT2D eigenvalue weighted by Crippen LogP contribution is -2.39. The number of aryl methyl sites for hydroxylation is 2. The number of guanidine groups is 1. The predicted molar refractivity (Wildman–Crippen MR) is 81.6 cm³/mol. The molecule has 0 saturated heterocycles. The van der Waals surface area contributed by atoms with E-state index in [0.29, 0.717) is 29.7 Å². The molecule has 0 bridgehead atoms. The van der Waals surface area contributed by atoms with Crippen LogP contribution in [0.1, 0.15) is 25.0 Å². The van der Waals surface area contributed by atoms with E-state index in [9.17, 15) is 18.0 Å². The number of alkyl halides is 3. The number of hydrogen-bond donors (Lipinski definition) is 3. The Kier molecular flexibility index (Phi) is 6.23. The van der Waals surface area contributed by atoms with Crippen LogP contribution in [-0.4, -0.2) is 25.4 Å². The quantitative estimate of drug-likeness (QED) is 0.585. The van der Waals surface area contributed by atoms with Crippen molar-refractivity contribution in [2.45, 2.75) is 33.1 Å². The molecule has 0 radical (unpaired) electrons. The van der Waals surface area contributed by atoms with Crippen molar-refractivity contribution < 1.29 is 22.7 Å². The van der Waals surface area contributed by atoms with E-state index in [4.69, 9.17) is 5.73 Å². The summed E-state index contributed by atoms with van der Waals surface area (Å²) in [6.07, 6.45) is -3.95. The number of hydrogen-bond acceptors (Lipinski definition) is 3. The van der Waals surface area contributed by atoms with Crippen LogP contribution < -0.4 is 21.1 Å². The van der Waals surface area contributed by atoms with Crippen LogP contribution in [0.4, 0.5) is 23.7 Å². The van der Waals surface area contributed by atoms with E-state index in [1.165, 1.54) is 19.2 Å². The van der Waals surface area contributed by atoms with Gasteiger partial charge >= 0.3 is 12.4 Å². The number of nitrogens with one attached hydrogen (secondary N) is 2. The van der Waals surface area contributed by atoms with Gasteiger partial charge in [-0.2, -0.15) is 0 Å². The van der Waals surface area contributed by atoms with Crippen LogP contribution in [0.15, 0.2) is 17.1 Å². The van der Waals surface area contributed by atoms with Crippen molar-refractivity contribution in [3.05, 3.63) is 23.3 Å². The van der Waals surface area contributed by atoms with Crippen molar-refractivity contribution in [3.63, 3.8) is 0 Å². The van der Waals surface area contributed by atoms with Crippen LogP contribution in [0.2, 0.25) is 0 Å². The largest absolute Gasteiger partial charge is 0.573 e. The lowest BCUT2D eigenvalue weighted by molar-refractivity contribution is -0.274. The third-order valence-corrected chi connectivity index (χ3v) is 2.99. The summed E-state index contributed by atoms with van der Waals surface area (Å²) in [7, 11) is 1.41. The highest BCUT2D eigenvalue weighted by atomic mass is 19.4. The zero-order valence-corrected chi connectivity index (χ0v) is 13.0. The Morgan fingerprint density at radius 3 is 2.17 bits per heavy atom. The molecule has 0 spiro atoms. The summed E-state index contributed by atoms with van der Waals surface area (Å²) in [5.74, 6) is -0.387. The standard InChI is InChI=1S/C14H19F3N4O2/c1-4-8-6-10(23-14(15,16)17)7-9(5-2)11(8)20-13(22)21-12(18)19-3/h6-7H,4-5H2,1-3H3,(H4,18,19,20,21,22). The maximum atomic E-state index is 12.4. The number of aliphatic imine (C=N–C) groups is 1. The average Bonchev–Trinajstić information content (AvgIpc) is 2.46. The number of nitrogens with zero attached hydrogens (tertiary/aromatic N) is 1. The first-order chi connectivity index (χ1) is 10.7. The zero-order valence-electron chi connectivity index (χ0n) is 13.0. The third-order valence-electron chi connectivity index (χ3n) is 2.99. The molecule has 4 N–H and O–H groups in total. The minimum absolute atomic E-state index is 0.0735. The van der Waals surface area contributed by atoms with Crippen LogP contribution in [-0.2, 0) is 12.8 Å². The van der Waals surface area contributed by atoms with Gasteiger partial charge in [-0.25, -0.2) is 4.79 Å². The number of halogens is 3. The number of carbonyl (C=O) groups excluding carboxylic acids is 1. The lowest BCUT2D eigenvalue weighted by atomic mass is 10.0. The highest BCUT2D eigenvalue weighted by molar-refractivity contribution is 6.02. The monoisotopic (exact) mass is 332 g/mol. The number of urea groups is 1. The number of nitrogens with two attached hydrogens (primary N) is 1. The minimum Gasteiger partial charge on any atom is -0.406 e. The molecule has 0 saturated carbocycles. The van der Waals surface area contributed by atoms with Crippen molar-refractivity contribution in [2.75, 3.05) is 12.4 Å². The van der Waals surface area contributed by atoms with E-state index in [2.05, 4.69) is 20.4 Å². The molecule has 1 aromatic rings. The van der Waals surface area contributed by atoms with Crippen molar-refractivity contribution in [3.8, 4) is 5.75 Å². The number of ether oxygens (including phenoxy) is 1. The maximum Gasteiger partial charge on any atom is 0.573 e. The van der Waals surface area contributed by atoms with Gasteiger partial charge in [-0.05, 0) is 36.1 Å².